The van der Waals surface area contributed by atoms with E-state index in [9.17, 15) is 8.42 Å². The van der Waals surface area contributed by atoms with E-state index < -0.39 is 9.84 Å². The molecule has 2 unspecified atom stereocenters. The molecule has 1 fully saturated rings. The number of thiazole rings is 1. The van der Waals surface area contributed by atoms with E-state index in [-0.39, 0.29) is 17.8 Å². The number of nitrogens with zero attached hydrogens (tertiary/aromatic N) is 1. The van der Waals surface area contributed by atoms with E-state index in [0.717, 1.165) is 17.8 Å². The fourth-order valence-corrected chi connectivity index (χ4v) is 4.59. The minimum absolute atomic E-state index is 0.0768. The summed E-state index contributed by atoms with van der Waals surface area (Å²) in [6.45, 7) is 4.07. The summed E-state index contributed by atoms with van der Waals surface area (Å²) in [5.41, 5.74) is 0. The first-order valence-corrected chi connectivity index (χ1v) is 8.49. The van der Waals surface area contributed by atoms with Gasteiger partial charge in [0.1, 0.15) is 5.01 Å². The average molecular weight is 274 g/mol. The van der Waals surface area contributed by atoms with Gasteiger partial charge in [0.15, 0.2) is 9.84 Å². The summed E-state index contributed by atoms with van der Waals surface area (Å²) < 4.78 is 23.1. The molecule has 1 saturated heterocycles. The van der Waals surface area contributed by atoms with Crippen LogP contribution in [0.3, 0.4) is 0 Å². The van der Waals surface area contributed by atoms with Crippen LogP contribution in [0.2, 0.25) is 0 Å². The van der Waals surface area contributed by atoms with Crippen LogP contribution in [-0.2, 0) is 9.84 Å². The van der Waals surface area contributed by atoms with Crippen LogP contribution in [0, 0.1) is 6.92 Å². The lowest BCUT2D eigenvalue weighted by Gasteiger charge is -2.25. The molecule has 0 aromatic carbocycles. The maximum absolute atomic E-state index is 11.5. The van der Waals surface area contributed by atoms with Gasteiger partial charge in [-0.1, -0.05) is 0 Å². The predicted octanol–water partition coefficient (Wildman–Crippen LogP) is 1.68. The number of aromatic nitrogens is 1. The lowest BCUT2D eigenvalue weighted by molar-refractivity contribution is 0.436. The normalized spacial score (nSPS) is 25.6. The number of hydrogen-bond donors (Lipinski definition) is 1. The van der Waals surface area contributed by atoms with Gasteiger partial charge in [-0.3, -0.25) is 0 Å². The SMILES string of the molecule is Cc1cnc(C(C)NC2CCCS(=O)(=O)C2)s1. The molecule has 0 bridgehead atoms. The van der Waals surface area contributed by atoms with Crippen molar-refractivity contribution < 1.29 is 8.42 Å². The summed E-state index contributed by atoms with van der Waals surface area (Å²) in [6, 6.07) is 0.208. The predicted molar refractivity (Wildman–Crippen MR) is 70.1 cm³/mol. The van der Waals surface area contributed by atoms with Crippen molar-refractivity contribution in [2.24, 2.45) is 0 Å². The molecule has 96 valence electrons. The van der Waals surface area contributed by atoms with Crippen LogP contribution in [0.5, 0.6) is 0 Å². The summed E-state index contributed by atoms with van der Waals surface area (Å²) in [5.74, 6) is 0.609. The van der Waals surface area contributed by atoms with E-state index in [1.165, 1.54) is 4.88 Å². The van der Waals surface area contributed by atoms with Gasteiger partial charge < -0.3 is 5.32 Å². The third kappa shape index (κ3) is 3.50. The molecule has 17 heavy (non-hydrogen) atoms. The molecule has 2 atom stereocenters. The molecule has 0 saturated carbocycles. The molecule has 2 heterocycles. The third-order valence-corrected chi connectivity index (χ3v) is 5.87. The standard InChI is InChI=1S/C11H18N2O2S2/c1-8-6-12-11(16-8)9(2)13-10-4-3-5-17(14,15)7-10/h6,9-10,13H,3-5,7H2,1-2H3. The van der Waals surface area contributed by atoms with Crippen molar-refractivity contribution in [3.63, 3.8) is 0 Å². The second-order valence-corrected chi connectivity index (χ2v) is 8.15. The Bertz CT molecular complexity index is 481. The zero-order valence-corrected chi connectivity index (χ0v) is 11.8. The summed E-state index contributed by atoms with van der Waals surface area (Å²) >= 11 is 1.66. The summed E-state index contributed by atoms with van der Waals surface area (Å²) in [7, 11) is -2.83. The highest BCUT2D eigenvalue weighted by Crippen LogP contribution is 2.21. The van der Waals surface area contributed by atoms with Gasteiger partial charge in [0.05, 0.1) is 17.5 Å². The molecule has 1 aliphatic heterocycles. The number of sulfone groups is 1. The van der Waals surface area contributed by atoms with E-state index in [4.69, 9.17) is 0 Å². The smallest absolute Gasteiger partial charge is 0.151 e. The Labute approximate surface area is 106 Å². The summed E-state index contributed by atoms with van der Waals surface area (Å²) in [5, 5.41) is 4.41. The third-order valence-electron chi connectivity index (χ3n) is 2.96. The molecule has 1 aromatic rings. The van der Waals surface area contributed by atoms with Gasteiger partial charge in [0.25, 0.3) is 0 Å². The molecule has 6 heteroatoms. The summed E-state index contributed by atoms with van der Waals surface area (Å²) in [4.78, 5) is 5.51. The molecule has 1 aromatic heterocycles. The quantitative estimate of drug-likeness (QED) is 0.911. The summed E-state index contributed by atoms with van der Waals surface area (Å²) in [6.07, 6.45) is 3.56. The van der Waals surface area contributed by atoms with Crippen molar-refractivity contribution in [1.29, 1.82) is 0 Å². The minimum atomic E-state index is -2.83. The largest absolute Gasteiger partial charge is 0.304 e. The van der Waals surface area contributed by atoms with Crippen molar-refractivity contribution in [3.05, 3.63) is 16.1 Å². The van der Waals surface area contributed by atoms with Crippen molar-refractivity contribution in [2.75, 3.05) is 11.5 Å². The number of aryl methyl sites for hydroxylation is 1. The van der Waals surface area contributed by atoms with E-state index in [1.807, 2.05) is 20.0 Å². The van der Waals surface area contributed by atoms with E-state index in [2.05, 4.69) is 10.3 Å². The fourth-order valence-electron chi connectivity index (χ4n) is 2.15. The molecule has 1 N–H and O–H groups in total. The fraction of sp³-hybridized carbons (Fsp3) is 0.727. The van der Waals surface area contributed by atoms with Gasteiger partial charge >= 0.3 is 0 Å². The highest BCUT2D eigenvalue weighted by Gasteiger charge is 2.26. The molecular formula is C11H18N2O2S2. The topological polar surface area (TPSA) is 59.1 Å². The monoisotopic (exact) mass is 274 g/mol. The molecule has 2 rings (SSSR count). The van der Waals surface area contributed by atoms with Crippen molar-refractivity contribution in [1.82, 2.24) is 10.3 Å². The molecule has 1 aliphatic rings. The Kier molecular flexibility index (Phi) is 3.85. The van der Waals surface area contributed by atoms with Crippen molar-refractivity contribution in [2.45, 2.75) is 38.8 Å². The zero-order valence-electron chi connectivity index (χ0n) is 10.1. The first kappa shape index (κ1) is 13.0. The van der Waals surface area contributed by atoms with E-state index >= 15 is 0 Å². The Morgan fingerprint density at radius 2 is 2.35 bits per heavy atom. The highest BCUT2D eigenvalue weighted by atomic mass is 32.2. The van der Waals surface area contributed by atoms with Gasteiger partial charge in [-0.25, -0.2) is 13.4 Å². The Morgan fingerprint density at radius 1 is 1.59 bits per heavy atom. The molecule has 0 aliphatic carbocycles. The van der Waals surface area contributed by atoms with Crippen LogP contribution in [-0.4, -0.2) is 30.9 Å². The van der Waals surface area contributed by atoms with E-state index in [0.29, 0.717) is 5.75 Å². The van der Waals surface area contributed by atoms with Crippen LogP contribution in [0.4, 0.5) is 0 Å². The van der Waals surface area contributed by atoms with Crippen LogP contribution in [0.1, 0.15) is 35.7 Å². The lowest BCUT2D eigenvalue weighted by Crippen LogP contribution is -2.41. The maximum atomic E-state index is 11.5. The second-order valence-electron chi connectivity index (χ2n) is 4.65. The first-order valence-electron chi connectivity index (χ1n) is 5.85. The molecule has 0 amide bonds. The molecule has 4 nitrogen and oxygen atoms in total. The van der Waals surface area contributed by atoms with Gasteiger partial charge in [0.2, 0.25) is 0 Å². The first-order chi connectivity index (χ1) is 7.96. The second kappa shape index (κ2) is 5.04. The maximum Gasteiger partial charge on any atom is 0.151 e. The highest BCUT2D eigenvalue weighted by molar-refractivity contribution is 7.91. The zero-order chi connectivity index (χ0) is 12.5. The molecule has 0 spiro atoms. The Morgan fingerprint density at radius 3 is 2.94 bits per heavy atom. The van der Waals surface area contributed by atoms with Gasteiger partial charge in [-0.2, -0.15) is 0 Å². The van der Waals surface area contributed by atoms with Crippen LogP contribution in [0.15, 0.2) is 6.20 Å². The number of hydrogen-bond acceptors (Lipinski definition) is 5. The van der Waals surface area contributed by atoms with Gasteiger partial charge in [0, 0.05) is 17.1 Å². The lowest BCUT2D eigenvalue weighted by atomic mass is 10.1. The van der Waals surface area contributed by atoms with Crippen molar-refractivity contribution in [3.8, 4) is 0 Å². The van der Waals surface area contributed by atoms with Gasteiger partial charge in [-0.05, 0) is 26.7 Å². The van der Waals surface area contributed by atoms with Crippen molar-refractivity contribution >= 4 is 21.2 Å². The molecular weight excluding hydrogens is 256 g/mol. The van der Waals surface area contributed by atoms with Crippen LogP contribution >= 0.6 is 11.3 Å². The minimum Gasteiger partial charge on any atom is -0.304 e. The van der Waals surface area contributed by atoms with E-state index in [1.54, 1.807) is 11.3 Å². The van der Waals surface area contributed by atoms with Crippen LogP contribution in [0.25, 0.3) is 0 Å². The molecule has 0 radical (unpaired) electrons. The average Bonchev–Trinajstić information content (AvgIpc) is 2.63. The Hall–Kier alpha value is -0.460. The number of rotatable bonds is 3. The Balaban J connectivity index is 1.97. The van der Waals surface area contributed by atoms with Gasteiger partial charge in [-0.15, -0.1) is 11.3 Å². The number of nitrogens with one attached hydrogen (secondary N) is 1. The van der Waals surface area contributed by atoms with Crippen LogP contribution < -0.4 is 5.32 Å².